The Bertz CT molecular complexity index is 636. The third-order valence-electron chi connectivity index (χ3n) is 3.63. The minimum Gasteiger partial charge on any atom is -0.397 e. The lowest BCUT2D eigenvalue weighted by molar-refractivity contribution is 0.0957. The third kappa shape index (κ3) is 3.54. The van der Waals surface area contributed by atoms with Crippen LogP contribution in [0.4, 0.5) is 5.69 Å². The van der Waals surface area contributed by atoms with Crippen LogP contribution in [0.3, 0.4) is 0 Å². The molecule has 5 heteroatoms. The minimum atomic E-state index is -0.107. The van der Waals surface area contributed by atoms with E-state index in [1.165, 1.54) is 11.3 Å². The Morgan fingerprint density at radius 2 is 2.24 bits per heavy atom. The number of carbonyl (C=O) groups excluding carboxylic acids is 1. The number of nitrogen functional groups attached to an aromatic ring is 1. The van der Waals surface area contributed by atoms with Crippen molar-refractivity contribution in [2.75, 3.05) is 18.9 Å². The molecule has 0 aliphatic carbocycles. The number of carbonyl (C=O) groups is 1. The number of nitrogens with one attached hydrogen (secondary N) is 1. The van der Waals surface area contributed by atoms with Gasteiger partial charge in [0.15, 0.2) is 0 Å². The summed E-state index contributed by atoms with van der Waals surface area (Å²) in [6.45, 7) is 4.82. The number of nitrogens with two attached hydrogens (primary N) is 1. The summed E-state index contributed by atoms with van der Waals surface area (Å²) in [6, 6.07) is 5.93. The van der Waals surface area contributed by atoms with Crippen LogP contribution in [-0.2, 0) is 0 Å². The molecule has 0 radical (unpaired) electrons. The molecule has 4 N–H and O–H groups in total. The largest absolute Gasteiger partial charge is 0.397 e. The molecule has 1 heterocycles. The van der Waals surface area contributed by atoms with Crippen molar-refractivity contribution < 1.29 is 9.90 Å². The molecule has 0 spiro atoms. The highest BCUT2D eigenvalue weighted by molar-refractivity contribution is 7.21. The molecule has 0 aliphatic rings. The van der Waals surface area contributed by atoms with Crippen LogP contribution in [0.25, 0.3) is 10.1 Å². The van der Waals surface area contributed by atoms with Crippen molar-refractivity contribution in [3.8, 4) is 0 Å². The molecular formula is C16H22N2O2S. The Labute approximate surface area is 129 Å². The second-order valence-corrected chi connectivity index (χ2v) is 6.50. The molecule has 0 saturated carbocycles. The predicted octanol–water partition coefficient (Wildman–Crippen LogP) is 2.93. The van der Waals surface area contributed by atoms with Crippen LogP contribution >= 0.6 is 11.3 Å². The summed E-state index contributed by atoms with van der Waals surface area (Å²) in [7, 11) is 0. The number of amides is 1. The normalized spacial score (nSPS) is 12.5. The fourth-order valence-corrected chi connectivity index (χ4v) is 3.38. The molecular weight excluding hydrogens is 284 g/mol. The van der Waals surface area contributed by atoms with Gasteiger partial charge >= 0.3 is 0 Å². The third-order valence-corrected chi connectivity index (χ3v) is 4.98. The molecule has 0 aliphatic heterocycles. The van der Waals surface area contributed by atoms with E-state index in [2.05, 4.69) is 5.32 Å². The van der Waals surface area contributed by atoms with Gasteiger partial charge in [-0.2, -0.15) is 0 Å². The Hall–Kier alpha value is -1.59. The summed E-state index contributed by atoms with van der Waals surface area (Å²) in [5, 5.41) is 12.8. The van der Waals surface area contributed by atoms with Crippen molar-refractivity contribution in [1.29, 1.82) is 0 Å². The van der Waals surface area contributed by atoms with Crippen LogP contribution in [0.2, 0.25) is 0 Å². The molecule has 1 aromatic carbocycles. The van der Waals surface area contributed by atoms with E-state index in [1.807, 2.05) is 32.0 Å². The summed E-state index contributed by atoms with van der Waals surface area (Å²) in [6.07, 6.45) is 1.76. The number of aliphatic hydroxyl groups excluding tert-OH is 1. The summed E-state index contributed by atoms with van der Waals surface area (Å²) in [5.41, 5.74) is 7.81. The van der Waals surface area contributed by atoms with Gasteiger partial charge < -0.3 is 16.2 Å². The molecule has 1 aromatic heterocycles. The molecule has 21 heavy (non-hydrogen) atoms. The first kappa shape index (κ1) is 15.8. The van der Waals surface area contributed by atoms with E-state index >= 15 is 0 Å². The molecule has 2 rings (SSSR count). The standard InChI is InChI=1S/C16H22N2O2S/c1-10(9-19)5-4-8-18-16(20)15-13(17)12-7-3-6-11(2)14(12)21-15/h3,6-7,10,19H,4-5,8-9,17H2,1-2H3,(H,18,20). The molecule has 1 unspecified atom stereocenters. The zero-order valence-corrected chi connectivity index (χ0v) is 13.3. The lowest BCUT2D eigenvalue weighted by Gasteiger charge is -2.08. The zero-order chi connectivity index (χ0) is 15.4. The predicted molar refractivity (Wildman–Crippen MR) is 88.8 cm³/mol. The SMILES string of the molecule is Cc1cccc2c(N)c(C(=O)NCCCC(C)CO)sc12. The minimum absolute atomic E-state index is 0.107. The molecule has 114 valence electrons. The maximum absolute atomic E-state index is 12.2. The van der Waals surface area contributed by atoms with Crippen molar-refractivity contribution in [1.82, 2.24) is 5.32 Å². The fraction of sp³-hybridized carbons (Fsp3) is 0.438. The van der Waals surface area contributed by atoms with E-state index in [4.69, 9.17) is 10.8 Å². The van der Waals surface area contributed by atoms with Crippen LogP contribution in [-0.4, -0.2) is 24.2 Å². The monoisotopic (exact) mass is 306 g/mol. The lowest BCUT2D eigenvalue weighted by Crippen LogP contribution is -2.24. The van der Waals surface area contributed by atoms with Crippen LogP contribution in [0.15, 0.2) is 18.2 Å². The van der Waals surface area contributed by atoms with E-state index in [-0.39, 0.29) is 18.4 Å². The van der Waals surface area contributed by atoms with Crippen molar-refractivity contribution >= 4 is 33.0 Å². The van der Waals surface area contributed by atoms with Gasteiger partial charge in [0, 0.05) is 23.2 Å². The zero-order valence-electron chi connectivity index (χ0n) is 12.5. The van der Waals surface area contributed by atoms with Gasteiger partial charge in [0.2, 0.25) is 0 Å². The quantitative estimate of drug-likeness (QED) is 0.718. The average molecular weight is 306 g/mol. The maximum Gasteiger partial charge on any atom is 0.263 e. The van der Waals surface area contributed by atoms with Crippen molar-refractivity contribution in [3.63, 3.8) is 0 Å². The highest BCUT2D eigenvalue weighted by Crippen LogP contribution is 2.35. The van der Waals surface area contributed by atoms with Crippen LogP contribution in [0, 0.1) is 12.8 Å². The van der Waals surface area contributed by atoms with Crippen molar-refractivity contribution in [2.45, 2.75) is 26.7 Å². The van der Waals surface area contributed by atoms with E-state index in [1.54, 1.807) is 0 Å². The topological polar surface area (TPSA) is 75.4 Å². The number of hydrogen-bond donors (Lipinski definition) is 3. The van der Waals surface area contributed by atoms with Crippen molar-refractivity contribution in [3.05, 3.63) is 28.6 Å². The number of hydrogen-bond acceptors (Lipinski definition) is 4. The Morgan fingerprint density at radius 3 is 2.90 bits per heavy atom. The molecule has 2 aromatic rings. The Balaban J connectivity index is 2.03. The van der Waals surface area contributed by atoms with Crippen LogP contribution < -0.4 is 11.1 Å². The molecule has 4 nitrogen and oxygen atoms in total. The fourth-order valence-electron chi connectivity index (χ4n) is 2.27. The maximum atomic E-state index is 12.2. The number of benzene rings is 1. The highest BCUT2D eigenvalue weighted by Gasteiger charge is 2.16. The number of anilines is 1. The average Bonchev–Trinajstić information content (AvgIpc) is 2.82. The van der Waals surface area contributed by atoms with Gasteiger partial charge in [-0.15, -0.1) is 11.3 Å². The number of rotatable bonds is 6. The number of thiophene rings is 1. The van der Waals surface area contributed by atoms with E-state index in [0.717, 1.165) is 28.5 Å². The van der Waals surface area contributed by atoms with Gasteiger partial charge in [0.1, 0.15) is 4.88 Å². The van der Waals surface area contributed by atoms with Gasteiger partial charge in [-0.25, -0.2) is 0 Å². The van der Waals surface area contributed by atoms with Crippen molar-refractivity contribution in [2.24, 2.45) is 5.92 Å². The number of aliphatic hydroxyl groups is 1. The number of fused-ring (bicyclic) bond motifs is 1. The molecule has 0 saturated heterocycles. The van der Waals surface area contributed by atoms with Gasteiger partial charge in [-0.1, -0.05) is 25.1 Å². The summed E-state index contributed by atoms with van der Waals surface area (Å²) in [5.74, 6) is 0.170. The van der Waals surface area contributed by atoms with Crippen LogP contribution in [0.5, 0.6) is 0 Å². The first-order valence-corrected chi connectivity index (χ1v) is 8.03. The van der Waals surface area contributed by atoms with Gasteiger partial charge in [-0.05, 0) is 31.2 Å². The van der Waals surface area contributed by atoms with E-state index in [0.29, 0.717) is 17.1 Å². The Kier molecular flexibility index (Phi) is 5.20. The summed E-state index contributed by atoms with van der Waals surface area (Å²) >= 11 is 1.45. The lowest BCUT2D eigenvalue weighted by atomic mass is 10.1. The number of aryl methyl sites for hydroxylation is 1. The first-order valence-electron chi connectivity index (χ1n) is 7.21. The van der Waals surface area contributed by atoms with Gasteiger partial charge in [0.25, 0.3) is 5.91 Å². The van der Waals surface area contributed by atoms with E-state index in [9.17, 15) is 4.79 Å². The van der Waals surface area contributed by atoms with Gasteiger partial charge in [-0.3, -0.25) is 4.79 Å². The molecule has 0 fully saturated rings. The first-order chi connectivity index (χ1) is 10.0. The Morgan fingerprint density at radius 1 is 1.48 bits per heavy atom. The van der Waals surface area contributed by atoms with Gasteiger partial charge in [0.05, 0.1) is 5.69 Å². The second-order valence-electron chi connectivity index (χ2n) is 5.48. The van der Waals surface area contributed by atoms with E-state index < -0.39 is 0 Å². The highest BCUT2D eigenvalue weighted by atomic mass is 32.1. The summed E-state index contributed by atoms with van der Waals surface area (Å²) < 4.78 is 1.08. The molecule has 1 amide bonds. The molecule has 1 atom stereocenters. The van der Waals surface area contributed by atoms with Crippen LogP contribution in [0.1, 0.15) is 35.0 Å². The summed E-state index contributed by atoms with van der Waals surface area (Å²) in [4.78, 5) is 12.8. The smallest absolute Gasteiger partial charge is 0.263 e. The molecule has 0 bridgehead atoms. The second kappa shape index (κ2) is 6.91.